The normalized spacial score (nSPS) is 14.0. The molecule has 0 aliphatic carbocycles. The number of carbonyl (C=O) groups excluding carboxylic acids is 2. The van der Waals surface area contributed by atoms with Crippen molar-refractivity contribution in [2.75, 3.05) is 40.5 Å². The van der Waals surface area contributed by atoms with E-state index < -0.39 is 17.6 Å². The van der Waals surface area contributed by atoms with Gasteiger partial charge >= 0.3 is 0 Å². The minimum atomic E-state index is -0.454. The van der Waals surface area contributed by atoms with E-state index in [1.54, 1.807) is 32.4 Å². The topological polar surface area (TPSA) is 59.1 Å². The van der Waals surface area contributed by atoms with Crippen LogP contribution in [0.1, 0.15) is 22.3 Å². The van der Waals surface area contributed by atoms with Gasteiger partial charge in [0, 0.05) is 32.9 Å². The molecule has 170 valence electrons. The van der Waals surface area contributed by atoms with Crippen molar-refractivity contribution in [2.24, 2.45) is 0 Å². The molecule has 2 aromatic carbocycles. The molecule has 1 aliphatic rings. The van der Waals surface area contributed by atoms with E-state index in [1.807, 2.05) is 36.9 Å². The highest BCUT2D eigenvalue weighted by Gasteiger charge is 2.41. The molecule has 0 fully saturated rings. The highest BCUT2D eigenvalue weighted by Crippen LogP contribution is 2.33. The van der Waals surface area contributed by atoms with Gasteiger partial charge in [0.1, 0.15) is 11.5 Å². The summed E-state index contributed by atoms with van der Waals surface area (Å²) >= 11 is 0. The van der Waals surface area contributed by atoms with Crippen LogP contribution in [0.25, 0.3) is 5.57 Å². The molecule has 32 heavy (non-hydrogen) atoms. The summed E-state index contributed by atoms with van der Waals surface area (Å²) in [7, 11) is 3.17. The SMILES string of the molecule is COCCN(CCOC)C1=C(c2ccc(C)c(C)c2)C(=O)N(Cc2ccccc2F)C1=O. The lowest BCUT2D eigenvalue weighted by atomic mass is 9.99. The fourth-order valence-electron chi connectivity index (χ4n) is 3.69. The molecule has 3 rings (SSSR count). The second-order valence-corrected chi connectivity index (χ2v) is 7.78. The molecule has 2 amide bonds. The number of benzene rings is 2. The van der Waals surface area contributed by atoms with Crippen LogP contribution in [-0.4, -0.2) is 62.1 Å². The summed E-state index contributed by atoms with van der Waals surface area (Å²) in [6, 6.07) is 11.9. The lowest BCUT2D eigenvalue weighted by Crippen LogP contribution is -2.37. The average Bonchev–Trinajstić information content (AvgIpc) is 3.02. The second kappa shape index (κ2) is 10.5. The van der Waals surface area contributed by atoms with Crippen molar-refractivity contribution in [3.63, 3.8) is 0 Å². The first-order valence-electron chi connectivity index (χ1n) is 10.5. The molecule has 2 aromatic rings. The van der Waals surface area contributed by atoms with Gasteiger partial charge < -0.3 is 14.4 Å². The number of halogens is 1. The van der Waals surface area contributed by atoms with Crippen molar-refractivity contribution in [3.05, 3.63) is 76.2 Å². The molecule has 0 saturated heterocycles. The Kier molecular flexibility index (Phi) is 7.77. The number of methoxy groups -OCH3 is 2. The van der Waals surface area contributed by atoms with Crippen LogP contribution in [-0.2, 0) is 25.6 Å². The number of hydrogen-bond donors (Lipinski definition) is 0. The highest BCUT2D eigenvalue weighted by molar-refractivity contribution is 6.35. The summed E-state index contributed by atoms with van der Waals surface area (Å²) in [5.74, 6) is -1.33. The van der Waals surface area contributed by atoms with Gasteiger partial charge in [0.2, 0.25) is 0 Å². The number of ether oxygens (including phenoxy) is 2. The molecule has 0 radical (unpaired) electrons. The molecule has 0 bridgehead atoms. The molecular formula is C25H29FN2O4. The van der Waals surface area contributed by atoms with Crippen LogP contribution in [0.3, 0.4) is 0 Å². The average molecular weight is 441 g/mol. The van der Waals surface area contributed by atoms with E-state index in [0.29, 0.717) is 43.1 Å². The predicted molar refractivity (Wildman–Crippen MR) is 120 cm³/mol. The van der Waals surface area contributed by atoms with E-state index in [1.165, 1.54) is 6.07 Å². The van der Waals surface area contributed by atoms with Crippen LogP contribution in [0.5, 0.6) is 0 Å². The van der Waals surface area contributed by atoms with Gasteiger partial charge in [0.15, 0.2) is 0 Å². The maximum absolute atomic E-state index is 14.3. The molecule has 0 aromatic heterocycles. The van der Waals surface area contributed by atoms with Gasteiger partial charge in [0.25, 0.3) is 11.8 Å². The Morgan fingerprint density at radius 2 is 1.56 bits per heavy atom. The predicted octanol–water partition coefficient (Wildman–Crippen LogP) is 3.32. The summed E-state index contributed by atoms with van der Waals surface area (Å²) in [6.45, 7) is 5.40. The number of rotatable bonds is 10. The van der Waals surface area contributed by atoms with Gasteiger partial charge in [-0.2, -0.15) is 0 Å². The van der Waals surface area contributed by atoms with E-state index >= 15 is 0 Å². The van der Waals surface area contributed by atoms with Crippen molar-refractivity contribution >= 4 is 17.4 Å². The zero-order valence-corrected chi connectivity index (χ0v) is 19.0. The summed E-state index contributed by atoms with van der Waals surface area (Å²) < 4.78 is 24.7. The first-order valence-corrected chi connectivity index (χ1v) is 10.5. The van der Waals surface area contributed by atoms with Crippen LogP contribution >= 0.6 is 0 Å². The Morgan fingerprint density at radius 3 is 2.16 bits per heavy atom. The quantitative estimate of drug-likeness (QED) is 0.531. The summed E-state index contributed by atoms with van der Waals surface area (Å²) in [5.41, 5.74) is 3.67. The van der Waals surface area contributed by atoms with Crippen LogP contribution in [0, 0.1) is 19.7 Å². The van der Waals surface area contributed by atoms with Gasteiger partial charge in [0.05, 0.1) is 25.3 Å². The number of nitrogens with zero attached hydrogens (tertiary/aromatic N) is 2. The lowest BCUT2D eigenvalue weighted by Gasteiger charge is -2.25. The summed E-state index contributed by atoms with van der Waals surface area (Å²) in [4.78, 5) is 30.0. The molecule has 0 saturated carbocycles. The number of imide groups is 1. The maximum atomic E-state index is 14.3. The minimum absolute atomic E-state index is 0.134. The molecule has 1 aliphatic heterocycles. The van der Waals surface area contributed by atoms with Gasteiger partial charge in [-0.25, -0.2) is 4.39 Å². The molecule has 0 spiro atoms. The second-order valence-electron chi connectivity index (χ2n) is 7.78. The highest BCUT2D eigenvalue weighted by atomic mass is 19.1. The van der Waals surface area contributed by atoms with Crippen molar-refractivity contribution < 1.29 is 23.5 Å². The van der Waals surface area contributed by atoms with Crippen LogP contribution in [0.2, 0.25) is 0 Å². The van der Waals surface area contributed by atoms with Crippen molar-refractivity contribution in [2.45, 2.75) is 20.4 Å². The Bertz CT molecular complexity index is 1030. The monoisotopic (exact) mass is 440 g/mol. The third-order valence-electron chi connectivity index (χ3n) is 5.67. The van der Waals surface area contributed by atoms with Crippen molar-refractivity contribution in [1.82, 2.24) is 9.80 Å². The number of aryl methyl sites for hydroxylation is 2. The fourth-order valence-corrected chi connectivity index (χ4v) is 3.69. The zero-order chi connectivity index (χ0) is 23.3. The first kappa shape index (κ1) is 23.6. The number of hydrogen-bond acceptors (Lipinski definition) is 5. The van der Waals surface area contributed by atoms with E-state index in [-0.39, 0.29) is 12.1 Å². The number of amides is 2. The summed E-state index contributed by atoms with van der Waals surface area (Å²) in [5, 5.41) is 0. The Labute approximate surface area is 188 Å². The fraction of sp³-hybridized carbons (Fsp3) is 0.360. The molecule has 0 atom stereocenters. The molecule has 0 unspecified atom stereocenters. The largest absolute Gasteiger partial charge is 0.383 e. The van der Waals surface area contributed by atoms with Crippen molar-refractivity contribution in [3.8, 4) is 0 Å². The smallest absolute Gasteiger partial charge is 0.278 e. The van der Waals surface area contributed by atoms with E-state index in [2.05, 4.69) is 0 Å². The van der Waals surface area contributed by atoms with E-state index in [9.17, 15) is 14.0 Å². The molecule has 6 nitrogen and oxygen atoms in total. The van der Waals surface area contributed by atoms with Gasteiger partial charge in [-0.15, -0.1) is 0 Å². The van der Waals surface area contributed by atoms with Crippen molar-refractivity contribution in [1.29, 1.82) is 0 Å². The lowest BCUT2D eigenvalue weighted by molar-refractivity contribution is -0.138. The first-order chi connectivity index (χ1) is 15.4. The Morgan fingerprint density at radius 1 is 0.906 bits per heavy atom. The Hall–Kier alpha value is -3.03. The maximum Gasteiger partial charge on any atom is 0.278 e. The zero-order valence-electron chi connectivity index (χ0n) is 19.0. The summed E-state index contributed by atoms with van der Waals surface area (Å²) in [6.07, 6.45) is 0. The number of carbonyl (C=O) groups is 2. The van der Waals surface area contributed by atoms with Crippen LogP contribution in [0.4, 0.5) is 4.39 Å². The van der Waals surface area contributed by atoms with E-state index in [4.69, 9.17) is 9.47 Å². The van der Waals surface area contributed by atoms with E-state index in [0.717, 1.165) is 16.0 Å². The Balaban J connectivity index is 2.08. The van der Waals surface area contributed by atoms with Crippen LogP contribution < -0.4 is 0 Å². The van der Waals surface area contributed by atoms with Gasteiger partial charge in [-0.3, -0.25) is 14.5 Å². The molecular weight excluding hydrogens is 411 g/mol. The van der Waals surface area contributed by atoms with Gasteiger partial charge in [-0.05, 0) is 36.6 Å². The standard InChI is InChI=1S/C25H29FN2O4/c1-17-9-10-19(15-18(17)2)22-23(27(11-13-31-3)12-14-32-4)25(30)28(24(22)29)16-20-7-5-6-8-21(20)26/h5-10,15H,11-14,16H2,1-4H3. The van der Waals surface area contributed by atoms with Gasteiger partial charge in [-0.1, -0.05) is 36.4 Å². The minimum Gasteiger partial charge on any atom is -0.383 e. The molecule has 7 heteroatoms. The third-order valence-corrected chi connectivity index (χ3v) is 5.67. The third kappa shape index (κ3) is 4.89. The molecule has 1 heterocycles. The van der Waals surface area contributed by atoms with Crippen LogP contribution in [0.15, 0.2) is 48.2 Å². The molecule has 0 N–H and O–H groups in total.